The summed E-state index contributed by atoms with van der Waals surface area (Å²) >= 11 is 0. The number of piperidine rings is 1. The summed E-state index contributed by atoms with van der Waals surface area (Å²) in [4.78, 5) is 2.59. The summed E-state index contributed by atoms with van der Waals surface area (Å²) < 4.78 is 0. The van der Waals surface area contributed by atoms with Crippen LogP contribution in [0.3, 0.4) is 0 Å². The lowest BCUT2D eigenvalue weighted by Gasteiger charge is -2.35. The van der Waals surface area contributed by atoms with Gasteiger partial charge in [0.25, 0.3) is 0 Å². The summed E-state index contributed by atoms with van der Waals surface area (Å²) in [7, 11) is 0. The van der Waals surface area contributed by atoms with E-state index in [1.807, 2.05) is 0 Å². The Morgan fingerprint density at radius 1 is 1.42 bits per heavy atom. The van der Waals surface area contributed by atoms with Crippen LogP contribution in [0.5, 0.6) is 0 Å². The van der Waals surface area contributed by atoms with Crippen molar-refractivity contribution in [1.29, 1.82) is 0 Å². The zero-order chi connectivity index (χ0) is 8.97. The van der Waals surface area contributed by atoms with Gasteiger partial charge in [0.1, 0.15) is 0 Å². The molecule has 0 amide bonds. The van der Waals surface area contributed by atoms with Gasteiger partial charge >= 0.3 is 0 Å². The van der Waals surface area contributed by atoms with Crippen LogP contribution in [0.15, 0.2) is 0 Å². The van der Waals surface area contributed by atoms with Crippen molar-refractivity contribution in [2.24, 2.45) is 11.7 Å². The molecule has 0 aromatic heterocycles. The summed E-state index contributed by atoms with van der Waals surface area (Å²) in [6.07, 6.45) is 3.88. The van der Waals surface area contributed by atoms with Gasteiger partial charge in [0.05, 0.1) is 0 Å². The molecule has 1 rings (SSSR count). The number of rotatable bonds is 3. The number of hydrogen-bond donors (Lipinski definition) is 1. The van der Waals surface area contributed by atoms with E-state index < -0.39 is 0 Å². The zero-order valence-electron chi connectivity index (χ0n) is 8.42. The molecule has 0 aromatic rings. The Labute approximate surface area is 76.1 Å². The Balaban J connectivity index is 2.25. The second-order valence-corrected chi connectivity index (χ2v) is 3.97. The zero-order valence-corrected chi connectivity index (χ0v) is 8.42. The number of likely N-dealkylation sites (tertiary alicyclic amines) is 1. The minimum absolute atomic E-state index is 0.767. The van der Waals surface area contributed by atoms with Crippen molar-refractivity contribution in [2.75, 3.05) is 19.6 Å². The first-order chi connectivity index (χ1) is 5.77. The van der Waals surface area contributed by atoms with E-state index in [0.717, 1.165) is 18.5 Å². The van der Waals surface area contributed by atoms with E-state index in [4.69, 9.17) is 5.73 Å². The average molecular weight is 170 g/mol. The molecule has 0 bridgehead atoms. The third-order valence-corrected chi connectivity index (χ3v) is 3.20. The summed E-state index contributed by atoms with van der Waals surface area (Å²) in [6.45, 7) is 7.99. The highest BCUT2D eigenvalue weighted by atomic mass is 15.2. The summed E-state index contributed by atoms with van der Waals surface area (Å²) in [5.41, 5.74) is 5.64. The second kappa shape index (κ2) is 4.83. The Morgan fingerprint density at radius 2 is 2.00 bits per heavy atom. The third-order valence-electron chi connectivity index (χ3n) is 3.20. The minimum atomic E-state index is 0.767. The molecule has 1 aliphatic rings. The molecular formula is C10H22N2. The lowest BCUT2D eigenvalue weighted by molar-refractivity contribution is 0.140. The van der Waals surface area contributed by atoms with Crippen molar-refractivity contribution in [3.8, 4) is 0 Å². The van der Waals surface area contributed by atoms with Gasteiger partial charge in [0, 0.05) is 6.04 Å². The molecule has 72 valence electrons. The molecule has 1 saturated heterocycles. The van der Waals surface area contributed by atoms with Crippen molar-refractivity contribution in [3.05, 3.63) is 0 Å². The van der Waals surface area contributed by atoms with Crippen LogP contribution in [0.4, 0.5) is 0 Å². The van der Waals surface area contributed by atoms with Crippen LogP contribution in [-0.4, -0.2) is 30.6 Å². The third kappa shape index (κ3) is 2.46. The van der Waals surface area contributed by atoms with Crippen molar-refractivity contribution >= 4 is 0 Å². The summed E-state index contributed by atoms with van der Waals surface area (Å²) in [6, 6.07) is 0.767. The molecule has 2 nitrogen and oxygen atoms in total. The molecule has 0 spiro atoms. The maximum absolute atomic E-state index is 5.64. The fraction of sp³-hybridized carbons (Fsp3) is 1.00. The first-order valence-corrected chi connectivity index (χ1v) is 5.22. The summed E-state index contributed by atoms with van der Waals surface area (Å²) in [5.74, 6) is 0.797. The SMILES string of the molecule is CC[C@H](C)N1CCC(CN)CC1. The second-order valence-electron chi connectivity index (χ2n) is 3.97. The summed E-state index contributed by atoms with van der Waals surface area (Å²) in [5, 5.41) is 0. The van der Waals surface area contributed by atoms with Gasteiger partial charge in [0.15, 0.2) is 0 Å². The van der Waals surface area contributed by atoms with E-state index in [1.165, 1.54) is 32.4 Å². The fourth-order valence-corrected chi connectivity index (χ4v) is 1.89. The van der Waals surface area contributed by atoms with E-state index >= 15 is 0 Å². The van der Waals surface area contributed by atoms with Gasteiger partial charge in [-0.25, -0.2) is 0 Å². The molecule has 0 unspecified atom stereocenters. The van der Waals surface area contributed by atoms with Crippen LogP contribution in [0.25, 0.3) is 0 Å². The van der Waals surface area contributed by atoms with Gasteiger partial charge in [-0.3, -0.25) is 0 Å². The lowest BCUT2D eigenvalue weighted by atomic mass is 9.96. The largest absolute Gasteiger partial charge is 0.330 e. The smallest absolute Gasteiger partial charge is 0.00643 e. The van der Waals surface area contributed by atoms with E-state index in [0.29, 0.717) is 0 Å². The van der Waals surface area contributed by atoms with Gasteiger partial charge in [-0.2, -0.15) is 0 Å². The van der Waals surface area contributed by atoms with Crippen LogP contribution in [0.1, 0.15) is 33.1 Å². The molecular weight excluding hydrogens is 148 g/mol. The predicted octanol–water partition coefficient (Wildman–Crippen LogP) is 1.46. The van der Waals surface area contributed by atoms with Crippen LogP contribution >= 0.6 is 0 Å². The average Bonchev–Trinajstić information content (AvgIpc) is 2.17. The van der Waals surface area contributed by atoms with Crippen LogP contribution in [-0.2, 0) is 0 Å². The molecule has 0 aromatic carbocycles. The standard InChI is InChI=1S/C10H22N2/c1-3-9(2)12-6-4-10(8-11)5-7-12/h9-10H,3-8,11H2,1-2H3/t9-/m0/s1. The Bertz CT molecular complexity index is 117. The number of nitrogens with zero attached hydrogens (tertiary/aromatic N) is 1. The van der Waals surface area contributed by atoms with Gasteiger partial charge in [-0.05, 0) is 51.7 Å². The van der Waals surface area contributed by atoms with E-state index in [2.05, 4.69) is 18.7 Å². The van der Waals surface area contributed by atoms with Gasteiger partial charge in [0.2, 0.25) is 0 Å². The van der Waals surface area contributed by atoms with Crippen molar-refractivity contribution in [1.82, 2.24) is 4.90 Å². The first-order valence-electron chi connectivity index (χ1n) is 5.22. The van der Waals surface area contributed by atoms with Crippen LogP contribution in [0, 0.1) is 5.92 Å². The van der Waals surface area contributed by atoms with Gasteiger partial charge in [-0.15, -0.1) is 0 Å². The molecule has 1 fully saturated rings. The van der Waals surface area contributed by atoms with Crippen molar-refractivity contribution in [3.63, 3.8) is 0 Å². The van der Waals surface area contributed by atoms with Gasteiger partial charge in [-0.1, -0.05) is 6.92 Å². The molecule has 1 aliphatic heterocycles. The molecule has 2 heteroatoms. The maximum atomic E-state index is 5.64. The molecule has 2 N–H and O–H groups in total. The molecule has 1 atom stereocenters. The van der Waals surface area contributed by atoms with E-state index in [1.54, 1.807) is 0 Å². The van der Waals surface area contributed by atoms with E-state index in [9.17, 15) is 0 Å². The lowest BCUT2D eigenvalue weighted by Crippen LogP contribution is -2.41. The highest BCUT2D eigenvalue weighted by Gasteiger charge is 2.20. The Morgan fingerprint density at radius 3 is 2.42 bits per heavy atom. The normalized spacial score (nSPS) is 24.2. The molecule has 1 heterocycles. The fourth-order valence-electron chi connectivity index (χ4n) is 1.89. The topological polar surface area (TPSA) is 29.3 Å². The highest BCUT2D eigenvalue weighted by molar-refractivity contribution is 4.75. The number of nitrogens with two attached hydrogens (primary N) is 1. The Kier molecular flexibility index (Phi) is 4.02. The molecule has 0 aliphatic carbocycles. The van der Waals surface area contributed by atoms with Gasteiger partial charge < -0.3 is 10.6 Å². The molecule has 0 saturated carbocycles. The van der Waals surface area contributed by atoms with E-state index in [-0.39, 0.29) is 0 Å². The number of hydrogen-bond acceptors (Lipinski definition) is 2. The minimum Gasteiger partial charge on any atom is -0.330 e. The van der Waals surface area contributed by atoms with Crippen molar-refractivity contribution in [2.45, 2.75) is 39.2 Å². The predicted molar refractivity (Wildman–Crippen MR) is 53.1 cm³/mol. The molecule has 12 heavy (non-hydrogen) atoms. The highest BCUT2D eigenvalue weighted by Crippen LogP contribution is 2.18. The monoisotopic (exact) mass is 170 g/mol. The van der Waals surface area contributed by atoms with Crippen LogP contribution < -0.4 is 5.73 Å². The first kappa shape index (κ1) is 10.0. The molecule has 0 radical (unpaired) electrons. The van der Waals surface area contributed by atoms with Crippen molar-refractivity contribution < 1.29 is 0 Å². The quantitative estimate of drug-likeness (QED) is 0.694. The van der Waals surface area contributed by atoms with Crippen LogP contribution in [0.2, 0.25) is 0 Å². The maximum Gasteiger partial charge on any atom is 0.00643 e. The Hall–Kier alpha value is -0.0800.